The molecule has 47 heavy (non-hydrogen) atoms. The minimum absolute atomic E-state index is 0.00683. The maximum absolute atomic E-state index is 13.6. The molecule has 0 heterocycles. The van der Waals surface area contributed by atoms with E-state index in [-0.39, 0.29) is 48.8 Å². The fourth-order valence-electron chi connectivity index (χ4n) is 5.39. The lowest BCUT2D eigenvalue weighted by molar-refractivity contribution is -0.155. The molecule has 0 fully saturated rings. The Kier molecular flexibility index (Phi) is 13.5. The van der Waals surface area contributed by atoms with Gasteiger partial charge in [0.15, 0.2) is 0 Å². The van der Waals surface area contributed by atoms with Gasteiger partial charge in [-0.05, 0) is 53.5 Å². The number of primary sulfonamides is 1. The van der Waals surface area contributed by atoms with Gasteiger partial charge in [0.2, 0.25) is 15.9 Å². The zero-order valence-electron chi connectivity index (χ0n) is 28.2. The number of carbonyl (C=O) groups excluding carboxylic acids is 3. The van der Waals surface area contributed by atoms with Gasteiger partial charge in [-0.1, -0.05) is 102 Å². The molecule has 3 aromatic rings. The Hall–Kier alpha value is -4.22. The largest absolute Gasteiger partial charge is 0.464 e. The summed E-state index contributed by atoms with van der Waals surface area (Å²) < 4.78 is 29.7. The number of hydrogen-bond acceptors (Lipinski definition) is 6. The quantitative estimate of drug-likeness (QED) is 0.158. The zero-order valence-corrected chi connectivity index (χ0v) is 29.0. The third-order valence-electron chi connectivity index (χ3n) is 7.88. The summed E-state index contributed by atoms with van der Waals surface area (Å²) in [6.45, 7) is 11.9. The van der Waals surface area contributed by atoms with Gasteiger partial charge >= 0.3 is 12.0 Å². The molecule has 3 aromatic carbocycles. The number of unbranched alkanes of at least 4 members (excludes halogenated alkanes) is 1. The van der Waals surface area contributed by atoms with Gasteiger partial charge in [0, 0.05) is 24.2 Å². The lowest BCUT2D eigenvalue weighted by Gasteiger charge is -2.31. The summed E-state index contributed by atoms with van der Waals surface area (Å²) in [5.41, 5.74) is 4.53. The van der Waals surface area contributed by atoms with Crippen LogP contribution in [-0.4, -0.2) is 50.4 Å². The van der Waals surface area contributed by atoms with Crippen LogP contribution >= 0.6 is 0 Å². The molecule has 10 nitrogen and oxygen atoms in total. The molecular weight excluding hydrogens is 616 g/mol. The number of esters is 1. The average molecular weight is 665 g/mol. The summed E-state index contributed by atoms with van der Waals surface area (Å²) in [5, 5.41) is 11.3. The van der Waals surface area contributed by atoms with E-state index in [1.807, 2.05) is 25.1 Å². The van der Waals surface area contributed by atoms with Gasteiger partial charge in [0.25, 0.3) is 0 Å². The number of ether oxygens (including phenoxy) is 1. The number of amides is 3. The number of sulfonamides is 1. The van der Waals surface area contributed by atoms with Crippen molar-refractivity contribution in [1.82, 2.24) is 10.2 Å². The molecule has 0 aliphatic rings. The first kappa shape index (κ1) is 37.2. The average Bonchev–Trinajstić information content (AvgIpc) is 3.03. The number of rotatable bonds is 15. The van der Waals surface area contributed by atoms with Crippen LogP contribution in [0.2, 0.25) is 0 Å². The number of urea groups is 1. The number of nitrogens with one attached hydrogen (secondary N) is 2. The Morgan fingerprint density at radius 1 is 0.872 bits per heavy atom. The van der Waals surface area contributed by atoms with E-state index >= 15 is 0 Å². The minimum Gasteiger partial charge on any atom is -0.464 e. The number of nitrogens with two attached hydrogens (primary N) is 1. The number of nitrogens with zero attached hydrogens (tertiary/aromatic N) is 1. The van der Waals surface area contributed by atoms with E-state index in [0.29, 0.717) is 23.1 Å². The predicted molar refractivity (Wildman–Crippen MR) is 185 cm³/mol. The normalized spacial score (nSPS) is 12.1. The second kappa shape index (κ2) is 17.1. The van der Waals surface area contributed by atoms with Crippen molar-refractivity contribution >= 4 is 33.6 Å². The van der Waals surface area contributed by atoms with Crippen molar-refractivity contribution in [3.8, 4) is 11.1 Å². The lowest BCUT2D eigenvalue weighted by Crippen LogP contribution is -2.52. The van der Waals surface area contributed by atoms with Crippen LogP contribution in [0, 0.1) is 0 Å². The SMILES string of the molecule is CCCCC(=O)N(Cc1ccc(-c2ccccc2S(N)(=O)=O)cc1)C(CNC(=O)Nc1c(C(C)C)cccc1C(C)C)C(=O)OCC. The van der Waals surface area contributed by atoms with Gasteiger partial charge in [-0.15, -0.1) is 0 Å². The van der Waals surface area contributed by atoms with Gasteiger partial charge in [-0.3, -0.25) is 4.79 Å². The highest BCUT2D eigenvalue weighted by molar-refractivity contribution is 7.89. The molecule has 0 aromatic heterocycles. The van der Waals surface area contributed by atoms with Crippen LogP contribution < -0.4 is 15.8 Å². The summed E-state index contributed by atoms with van der Waals surface area (Å²) >= 11 is 0. The standard InChI is InChI=1S/C36H48N4O6S/c1-7-9-17-33(41)40(23-26-18-20-27(21-19-26)30-13-10-11-16-32(30)47(37,44)45)31(35(42)46-8-2)22-38-36(43)39-34-28(24(3)4)14-12-15-29(34)25(5)6/h10-16,18-21,24-25,31H,7-9,17,22-23H2,1-6H3,(H2,37,44,45)(H2,38,39,43). The molecule has 11 heteroatoms. The second-order valence-electron chi connectivity index (χ2n) is 12.1. The third-order valence-corrected chi connectivity index (χ3v) is 8.85. The van der Waals surface area contributed by atoms with Crippen molar-refractivity contribution in [2.45, 2.75) is 90.1 Å². The van der Waals surface area contributed by atoms with Gasteiger partial charge in [0.05, 0.1) is 18.0 Å². The fourth-order valence-corrected chi connectivity index (χ4v) is 6.15. The number of para-hydroxylation sites is 1. The highest BCUT2D eigenvalue weighted by atomic mass is 32.2. The van der Waals surface area contributed by atoms with Gasteiger partial charge < -0.3 is 20.3 Å². The Balaban J connectivity index is 1.91. The summed E-state index contributed by atoms with van der Waals surface area (Å²) in [6.07, 6.45) is 1.64. The molecule has 3 amide bonds. The molecule has 254 valence electrons. The Labute approximate surface area is 279 Å². The summed E-state index contributed by atoms with van der Waals surface area (Å²) in [5.74, 6) is -0.533. The van der Waals surface area contributed by atoms with Gasteiger partial charge in [-0.2, -0.15) is 0 Å². The Bertz CT molecular complexity index is 1610. The second-order valence-corrected chi connectivity index (χ2v) is 13.6. The minimum atomic E-state index is -3.95. The van der Waals surface area contributed by atoms with Crippen molar-refractivity contribution in [3.05, 3.63) is 83.4 Å². The molecule has 0 saturated carbocycles. The number of hydrogen-bond donors (Lipinski definition) is 3. The Morgan fingerprint density at radius 3 is 2.04 bits per heavy atom. The van der Waals surface area contributed by atoms with Crippen molar-refractivity contribution in [2.75, 3.05) is 18.5 Å². The molecule has 0 aliphatic carbocycles. The molecule has 0 bridgehead atoms. The van der Waals surface area contributed by atoms with E-state index in [1.165, 1.54) is 11.0 Å². The van der Waals surface area contributed by atoms with Crippen LogP contribution in [-0.2, 0) is 30.9 Å². The first-order chi connectivity index (χ1) is 22.3. The Morgan fingerprint density at radius 2 is 1.49 bits per heavy atom. The van der Waals surface area contributed by atoms with Crippen molar-refractivity contribution < 1.29 is 27.5 Å². The number of benzene rings is 3. The highest BCUT2D eigenvalue weighted by Crippen LogP contribution is 2.32. The maximum atomic E-state index is 13.6. The van der Waals surface area contributed by atoms with Crippen LogP contribution in [0.5, 0.6) is 0 Å². The molecule has 0 radical (unpaired) electrons. The van der Waals surface area contributed by atoms with Crippen LogP contribution in [0.25, 0.3) is 11.1 Å². The van der Waals surface area contributed by atoms with Gasteiger partial charge in [0.1, 0.15) is 6.04 Å². The van der Waals surface area contributed by atoms with E-state index in [9.17, 15) is 22.8 Å². The van der Waals surface area contributed by atoms with Crippen molar-refractivity contribution in [1.29, 1.82) is 0 Å². The molecule has 1 unspecified atom stereocenters. The number of anilines is 1. The lowest BCUT2D eigenvalue weighted by atomic mass is 9.93. The first-order valence-electron chi connectivity index (χ1n) is 16.1. The van der Waals surface area contributed by atoms with Crippen molar-refractivity contribution in [3.63, 3.8) is 0 Å². The summed E-state index contributed by atoms with van der Waals surface area (Å²) in [6, 6.07) is 17.9. The summed E-state index contributed by atoms with van der Waals surface area (Å²) in [4.78, 5) is 41.7. The van der Waals surface area contributed by atoms with E-state index in [0.717, 1.165) is 23.2 Å². The van der Waals surface area contributed by atoms with Gasteiger partial charge in [-0.25, -0.2) is 23.1 Å². The van der Waals surface area contributed by atoms with E-state index in [4.69, 9.17) is 9.88 Å². The van der Waals surface area contributed by atoms with E-state index < -0.39 is 28.1 Å². The number of carbonyl (C=O) groups is 3. The molecule has 4 N–H and O–H groups in total. The predicted octanol–water partition coefficient (Wildman–Crippen LogP) is 6.52. The van der Waals surface area contributed by atoms with Crippen molar-refractivity contribution in [2.24, 2.45) is 5.14 Å². The molecule has 3 rings (SSSR count). The van der Waals surface area contributed by atoms with Crippen LogP contribution in [0.1, 0.15) is 89.3 Å². The van der Waals surface area contributed by atoms with E-state index in [1.54, 1.807) is 49.4 Å². The van der Waals surface area contributed by atoms with Crippen LogP contribution in [0.15, 0.2) is 71.6 Å². The highest BCUT2D eigenvalue weighted by Gasteiger charge is 2.32. The molecular formula is C36H48N4O6S. The monoisotopic (exact) mass is 664 g/mol. The molecule has 0 aliphatic heterocycles. The molecule has 1 atom stereocenters. The third kappa shape index (κ3) is 10.1. The molecule has 0 spiro atoms. The van der Waals surface area contributed by atoms with E-state index in [2.05, 4.69) is 38.3 Å². The van der Waals surface area contributed by atoms with Crippen LogP contribution in [0.3, 0.4) is 0 Å². The summed E-state index contributed by atoms with van der Waals surface area (Å²) in [7, 11) is -3.95. The smallest absolute Gasteiger partial charge is 0.330 e. The topological polar surface area (TPSA) is 148 Å². The van der Waals surface area contributed by atoms with Crippen LogP contribution in [0.4, 0.5) is 10.5 Å². The maximum Gasteiger partial charge on any atom is 0.330 e. The molecule has 0 saturated heterocycles. The zero-order chi connectivity index (χ0) is 34.7. The first-order valence-corrected chi connectivity index (χ1v) is 17.7. The fraction of sp³-hybridized carbons (Fsp3) is 0.417.